The van der Waals surface area contributed by atoms with Crippen molar-refractivity contribution >= 4 is 16.0 Å². The van der Waals surface area contributed by atoms with Gasteiger partial charge in [-0.15, -0.1) is 0 Å². The number of likely N-dealkylation sites (tertiary alicyclic amines) is 1. The lowest BCUT2D eigenvalue weighted by molar-refractivity contribution is 0.187. The second-order valence-electron chi connectivity index (χ2n) is 4.87. The number of hydrogen-bond acceptors (Lipinski definition) is 7. The van der Waals surface area contributed by atoms with E-state index in [1.807, 2.05) is 7.05 Å². The Labute approximate surface area is 118 Å². The molecule has 1 saturated heterocycles. The Hall–Kier alpha value is -1.29. The summed E-state index contributed by atoms with van der Waals surface area (Å²) in [6.07, 6.45) is 5.77. The zero-order chi connectivity index (χ0) is 14.6. The molecule has 1 aliphatic heterocycles. The van der Waals surface area contributed by atoms with Crippen molar-refractivity contribution in [3.63, 3.8) is 0 Å². The van der Waals surface area contributed by atoms with Gasteiger partial charge in [-0.05, 0) is 26.4 Å². The van der Waals surface area contributed by atoms with Gasteiger partial charge in [0.2, 0.25) is 16.0 Å². The molecule has 0 amide bonds. The minimum atomic E-state index is -3.58. The lowest BCUT2D eigenvalue weighted by Gasteiger charge is -2.32. The van der Waals surface area contributed by atoms with Crippen molar-refractivity contribution in [2.75, 3.05) is 25.6 Å². The molecule has 9 heteroatoms. The number of piperidine rings is 1. The predicted molar refractivity (Wildman–Crippen MR) is 75.3 cm³/mol. The van der Waals surface area contributed by atoms with Gasteiger partial charge in [0.1, 0.15) is 4.90 Å². The van der Waals surface area contributed by atoms with Crippen LogP contribution in [-0.2, 0) is 10.0 Å². The van der Waals surface area contributed by atoms with Crippen molar-refractivity contribution in [2.24, 2.45) is 5.84 Å². The van der Waals surface area contributed by atoms with E-state index in [-0.39, 0.29) is 16.9 Å². The molecule has 112 valence electrons. The highest BCUT2D eigenvalue weighted by Gasteiger charge is 2.22. The number of hydrazine groups is 1. The fourth-order valence-electron chi connectivity index (χ4n) is 2.22. The summed E-state index contributed by atoms with van der Waals surface area (Å²) in [4.78, 5) is 9.81. The average molecular weight is 300 g/mol. The lowest BCUT2D eigenvalue weighted by atomic mass is 10.0. The molecule has 0 spiro atoms. The standard InChI is InChI=1S/C11H20N6O2S/c1-17-5-3-2-4-9(17)6-15-20(18,19)10-7-13-11(16-12)14-8-10/h7-9,15H,2-6,12H2,1H3,(H,13,14,16). The quantitative estimate of drug-likeness (QED) is 0.497. The van der Waals surface area contributed by atoms with Crippen LogP contribution in [0.2, 0.25) is 0 Å². The fourth-order valence-corrected chi connectivity index (χ4v) is 3.18. The molecule has 1 aromatic rings. The first kappa shape index (κ1) is 15.1. The molecular weight excluding hydrogens is 280 g/mol. The summed E-state index contributed by atoms with van der Waals surface area (Å²) in [6.45, 7) is 1.40. The second kappa shape index (κ2) is 6.44. The number of nitrogen functional groups attached to an aromatic ring is 1. The molecule has 2 heterocycles. The van der Waals surface area contributed by atoms with E-state index in [9.17, 15) is 8.42 Å². The van der Waals surface area contributed by atoms with E-state index in [2.05, 4.69) is 25.0 Å². The van der Waals surface area contributed by atoms with Gasteiger partial charge in [0, 0.05) is 12.6 Å². The Balaban J connectivity index is 1.99. The summed E-state index contributed by atoms with van der Waals surface area (Å²) in [5.41, 5.74) is 2.25. The van der Waals surface area contributed by atoms with Gasteiger partial charge in [-0.2, -0.15) is 0 Å². The van der Waals surface area contributed by atoms with Gasteiger partial charge in [0.05, 0.1) is 12.4 Å². The monoisotopic (exact) mass is 300 g/mol. The molecule has 0 saturated carbocycles. The number of aromatic nitrogens is 2. The molecular formula is C11H20N6O2S. The molecule has 1 aliphatic rings. The van der Waals surface area contributed by atoms with Crippen LogP contribution in [0.1, 0.15) is 19.3 Å². The largest absolute Gasteiger partial charge is 0.302 e. The predicted octanol–water partition coefficient (Wildman–Crippen LogP) is -0.475. The first-order valence-corrected chi connectivity index (χ1v) is 8.00. The van der Waals surface area contributed by atoms with Crippen LogP contribution in [0.15, 0.2) is 17.3 Å². The molecule has 1 aromatic heterocycles. The topological polar surface area (TPSA) is 113 Å². The van der Waals surface area contributed by atoms with Crippen molar-refractivity contribution in [1.29, 1.82) is 0 Å². The van der Waals surface area contributed by atoms with Gasteiger partial charge >= 0.3 is 0 Å². The number of rotatable bonds is 5. The molecule has 2 rings (SSSR count). The summed E-state index contributed by atoms with van der Waals surface area (Å²) in [5, 5.41) is 0. The fraction of sp³-hybridized carbons (Fsp3) is 0.636. The third-order valence-electron chi connectivity index (χ3n) is 3.50. The van der Waals surface area contributed by atoms with E-state index in [4.69, 9.17) is 5.84 Å². The van der Waals surface area contributed by atoms with E-state index in [0.29, 0.717) is 6.54 Å². The van der Waals surface area contributed by atoms with E-state index in [1.54, 1.807) is 0 Å². The van der Waals surface area contributed by atoms with Crippen LogP contribution < -0.4 is 16.0 Å². The van der Waals surface area contributed by atoms with Gasteiger partial charge in [0.15, 0.2) is 0 Å². The van der Waals surface area contributed by atoms with Gasteiger partial charge in [-0.25, -0.2) is 29.0 Å². The van der Waals surface area contributed by atoms with Crippen LogP contribution in [-0.4, -0.2) is 49.5 Å². The number of sulfonamides is 1. The normalized spacial score (nSPS) is 20.8. The van der Waals surface area contributed by atoms with Crippen LogP contribution in [0.3, 0.4) is 0 Å². The number of hydrogen-bond donors (Lipinski definition) is 3. The van der Waals surface area contributed by atoms with Crippen molar-refractivity contribution in [3.05, 3.63) is 12.4 Å². The van der Waals surface area contributed by atoms with Crippen LogP contribution >= 0.6 is 0 Å². The second-order valence-corrected chi connectivity index (χ2v) is 6.64. The average Bonchev–Trinajstić information content (AvgIpc) is 2.46. The number of nitrogens with two attached hydrogens (primary N) is 1. The summed E-state index contributed by atoms with van der Waals surface area (Å²) >= 11 is 0. The maximum atomic E-state index is 12.1. The first-order valence-electron chi connectivity index (χ1n) is 6.51. The Bertz CT molecular complexity index is 532. The Morgan fingerprint density at radius 1 is 1.40 bits per heavy atom. The summed E-state index contributed by atoms with van der Waals surface area (Å²) in [7, 11) is -1.56. The minimum absolute atomic E-state index is 0.0370. The summed E-state index contributed by atoms with van der Waals surface area (Å²) in [6, 6.07) is 0.240. The zero-order valence-corrected chi connectivity index (χ0v) is 12.2. The van der Waals surface area contributed by atoms with Crippen LogP contribution in [0, 0.1) is 0 Å². The number of nitrogens with zero attached hydrogens (tertiary/aromatic N) is 3. The van der Waals surface area contributed by atoms with E-state index in [0.717, 1.165) is 19.4 Å². The molecule has 1 fully saturated rings. The number of likely N-dealkylation sites (N-methyl/N-ethyl adjacent to an activating group) is 1. The molecule has 20 heavy (non-hydrogen) atoms. The van der Waals surface area contributed by atoms with Crippen LogP contribution in [0.4, 0.5) is 5.95 Å². The third kappa shape index (κ3) is 3.63. The SMILES string of the molecule is CN1CCCCC1CNS(=O)(=O)c1cnc(NN)nc1. The van der Waals surface area contributed by atoms with Crippen molar-refractivity contribution in [2.45, 2.75) is 30.2 Å². The first-order chi connectivity index (χ1) is 9.53. The van der Waals surface area contributed by atoms with Gasteiger partial charge in [-0.1, -0.05) is 6.42 Å². The molecule has 0 radical (unpaired) electrons. The Kier molecular flexibility index (Phi) is 4.86. The molecule has 0 bridgehead atoms. The molecule has 4 N–H and O–H groups in total. The molecule has 0 aromatic carbocycles. The molecule has 0 aliphatic carbocycles. The van der Waals surface area contributed by atoms with Gasteiger partial charge in [0.25, 0.3) is 0 Å². The van der Waals surface area contributed by atoms with Crippen LogP contribution in [0.5, 0.6) is 0 Å². The van der Waals surface area contributed by atoms with E-state index < -0.39 is 10.0 Å². The lowest BCUT2D eigenvalue weighted by Crippen LogP contribution is -2.44. The molecule has 8 nitrogen and oxygen atoms in total. The van der Waals surface area contributed by atoms with Gasteiger partial charge in [-0.3, -0.25) is 5.43 Å². The van der Waals surface area contributed by atoms with E-state index >= 15 is 0 Å². The van der Waals surface area contributed by atoms with Crippen LogP contribution in [0.25, 0.3) is 0 Å². The maximum absolute atomic E-state index is 12.1. The van der Waals surface area contributed by atoms with Crippen molar-refractivity contribution < 1.29 is 8.42 Å². The van der Waals surface area contributed by atoms with Crippen molar-refractivity contribution in [3.8, 4) is 0 Å². The van der Waals surface area contributed by atoms with Crippen molar-refractivity contribution in [1.82, 2.24) is 19.6 Å². The smallest absolute Gasteiger partial charge is 0.243 e. The third-order valence-corrected chi connectivity index (χ3v) is 4.88. The number of anilines is 1. The number of nitrogens with one attached hydrogen (secondary N) is 2. The van der Waals surface area contributed by atoms with E-state index in [1.165, 1.54) is 18.8 Å². The minimum Gasteiger partial charge on any atom is -0.302 e. The highest BCUT2D eigenvalue weighted by atomic mass is 32.2. The maximum Gasteiger partial charge on any atom is 0.243 e. The highest BCUT2D eigenvalue weighted by Crippen LogP contribution is 2.15. The highest BCUT2D eigenvalue weighted by molar-refractivity contribution is 7.89. The Morgan fingerprint density at radius 3 is 2.70 bits per heavy atom. The summed E-state index contributed by atoms with van der Waals surface area (Å²) < 4.78 is 26.9. The molecule has 1 unspecified atom stereocenters. The Morgan fingerprint density at radius 2 is 2.10 bits per heavy atom. The van der Waals surface area contributed by atoms with Gasteiger partial charge < -0.3 is 4.90 Å². The zero-order valence-electron chi connectivity index (χ0n) is 11.4. The summed E-state index contributed by atoms with van der Waals surface area (Å²) in [5.74, 6) is 5.31. The molecule has 1 atom stereocenters.